The molecule has 0 atom stereocenters. The first kappa shape index (κ1) is 13.6. The second kappa shape index (κ2) is 5.23. The van der Waals surface area contributed by atoms with Crippen molar-refractivity contribution < 1.29 is 4.79 Å². The predicted molar refractivity (Wildman–Crippen MR) is 71.9 cm³/mol. The van der Waals surface area contributed by atoms with E-state index in [1.807, 2.05) is 20.8 Å². The first-order chi connectivity index (χ1) is 7.83. The van der Waals surface area contributed by atoms with Crippen molar-refractivity contribution in [2.75, 3.05) is 6.54 Å². The summed E-state index contributed by atoms with van der Waals surface area (Å²) in [6.07, 6.45) is 3.24. The molecule has 92 valence electrons. The molecule has 0 radical (unpaired) electrons. The molecule has 4 nitrogen and oxygen atoms in total. The standard InChI is InChI=1S/C12H17N3OS/c1-8-4-9(6-14-5-8)10(16)15-7-12(2,3)11(13)17/h4-6H,7H2,1-3H3,(H2,13,17)(H,15,16). The molecule has 0 aromatic carbocycles. The number of carbonyl (C=O) groups excluding carboxylic acids is 1. The zero-order valence-corrected chi connectivity index (χ0v) is 11.1. The summed E-state index contributed by atoms with van der Waals surface area (Å²) in [5.74, 6) is -0.162. The molecule has 5 heteroatoms. The maximum atomic E-state index is 11.8. The van der Waals surface area contributed by atoms with Gasteiger partial charge in [-0.2, -0.15) is 0 Å². The number of aromatic nitrogens is 1. The minimum absolute atomic E-state index is 0.162. The highest BCUT2D eigenvalue weighted by atomic mass is 32.1. The van der Waals surface area contributed by atoms with Crippen LogP contribution in [0.4, 0.5) is 0 Å². The molecule has 0 aliphatic rings. The number of aryl methyl sites for hydroxylation is 1. The van der Waals surface area contributed by atoms with Crippen molar-refractivity contribution in [3.63, 3.8) is 0 Å². The molecule has 0 aliphatic carbocycles. The van der Waals surface area contributed by atoms with E-state index in [0.717, 1.165) is 5.56 Å². The number of nitrogens with zero attached hydrogens (tertiary/aromatic N) is 1. The number of amides is 1. The maximum Gasteiger partial charge on any atom is 0.252 e. The van der Waals surface area contributed by atoms with Crippen LogP contribution in [-0.2, 0) is 0 Å². The van der Waals surface area contributed by atoms with E-state index < -0.39 is 0 Å². The fraction of sp³-hybridized carbons (Fsp3) is 0.417. The molecule has 0 aliphatic heterocycles. The third-order valence-corrected chi connectivity index (χ3v) is 3.05. The van der Waals surface area contributed by atoms with Gasteiger partial charge in [0.15, 0.2) is 0 Å². The summed E-state index contributed by atoms with van der Waals surface area (Å²) in [6, 6.07) is 1.79. The molecule has 1 amide bonds. The lowest BCUT2D eigenvalue weighted by molar-refractivity contribution is 0.0944. The van der Waals surface area contributed by atoms with Gasteiger partial charge >= 0.3 is 0 Å². The monoisotopic (exact) mass is 251 g/mol. The minimum Gasteiger partial charge on any atom is -0.393 e. The quantitative estimate of drug-likeness (QED) is 0.794. The van der Waals surface area contributed by atoms with Crippen molar-refractivity contribution in [1.29, 1.82) is 0 Å². The number of hydrogen-bond donors (Lipinski definition) is 2. The molecule has 1 aromatic heterocycles. The zero-order valence-electron chi connectivity index (χ0n) is 10.3. The van der Waals surface area contributed by atoms with Gasteiger partial charge in [0, 0.05) is 24.4 Å². The molecule has 1 rings (SSSR count). The molecule has 1 heterocycles. The number of nitrogens with one attached hydrogen (secondary N) is 1. The van der Waals surface area contributed by atoms with Crippen molar-refractivity contribution in [3.8, 4) is 0 Å². The van der Waals surface area contributed by atoms with Crippen LogP contribution in [0.5, 0.6) is 0 Å². The Morgan fingerprint density at radius 3 is 2.71 bits per heavy atom. The van der Waals surface area contributed by atoms with Crippen LogP contribution < -0.4 is 11.1 Å². The van der Waals surface area contributed by atoms with Gasteiger partial charge in [0.25, 0.3) is 5.91 Å². The largest absolute Gasteiger partial charge is 0.393 e. The summed E-state index contributed by atoms with van der Waals surface area (Å²) in [6.45, 7) is 6.09. The molecule has 0 spiro atoms. The van der Waals surface area contributed by atoms with Crippen LogP contribution in [0.15, 0.2) is 18.5 Å². The molecular weight excluding hydrogens is 234 g/mol. The number of rotatable bonds is 4. The molecule has 1 aromatic rings. The van der Waals surface area contributed by atoms with E-state index in [4.69, 9.17) is 18.0 Å². The van der Waals surface area contributed by atoms with Crippen molar-refractivity contribution in [1.82, 2.24) is 10.3 Å². The van der Waals surface area contributed by atoms with E-state index >= 15 is 0 Å². The molecule has 0 fully saturated rings. The van der Waals surface area contributed by atoms with E-state index in [1.54, 1.807) is 12.3 Å². The predicted octanol–water partition coefficient (Wildman–Crippen LogP) is 1.43. The minimum atomic E-state index is -0.387. The van der Waals surface area contributed by atoms with E-state index in [9.17, 15) is 4.79 Å². The van der Waals surface area contributed by atoms with Gasteiger partial charge < -0.3 is 11.1 Å². The van der Waals surface area contributed by atoms with E-state index in [0.29, 0.717) is 17.1 Å². The van der Waals surface area contributed by atoms with Crippen LogP contribution >= 0.6 is 12.2 Å². The first-order valence-electron chi connectivity index (χ1n) is 5.33. The lowest BCUT2D eigenvalue weighted by atomic mass is 9.93. The van der Waals surface area contributed by atoms with Crippen molar-refractivity contribution in [3.05, 3.63) is 29.6 Å². The highest BCUT2D eigenvalue weighted by Gasteiger charge is 2.22. The molecule has 0 saturated carbocycles. The van der Waals surface area contributed by atoms with Crippen LogP contribution in [0.25, 0.3) is 0 Å². The summed E-state index contributed by atoms with van der Waals surface area (Å²) < 4.78 is 0. The molecule has 0 bridgehead atoms. The Bertz CT molecular complexity index is 443. The van der Waals surface area contributed by atoms with Crippen LogP contribution in [0.2, 0.25) is 0 Å². The molecule has 0 unspecified atom stereocenters. The SMILES string of the molecule is Cc1cncc(C(=O)NCC(C)(C)C(N)=S)c1. The highest BCUT2D eigenvalue weighted by molar-refractivity contribution is 7.80. The van der Waals surface area contributed by atoms with Crippen LogP contribution in [0, 0.1) is 12.3 Å². The molecule has 3 N–H and O–H groups in total. The summed E-state index contributed by atoms with van der Waals surface area (Å²) in [5, 5.41) is 2.80. The Balaban J connectivity index is 2.65. The summed E-state index contributed by atoms with van der Waals surface area (Å²) in [5.41, 5.74) is 6.70. The Morgan fingerprint density at radius 2 is 2.18 bits per heavy atom. The summed E-state index contributed by atoms with van der Waals surface area (Å²) in [7, 11) is 0. The fourth-order valence-corrected chi connectivity index (χ4v) is 1.24. The van der Waals surface area contributed by atoms with Crippen molar-refractivity contribution >= 4 is 23.1 Å². The highest BCUT2D eigenvalue weighted by Crippen LogP contribution is 2.13. The normalized spacial score (nSPS) is 11.0. The van der Waals surface area contributed by atoms with Crippen LogP contribution in [0.1, 0.15) is 29.8 Å². The van der Waals surface area contributed by atoms with Gasteiger partial charge in [0.2, 0.25) is 0 Å². The van der Waals surface area contributed by atoms with Gasteiger partial charge in [-0.25, -0.2) is 0 Å². The van der Waals surface area contributed by atoms with Crippen LogP contribution in [0.3, 0.4) is 0 Å². The number of carbonyl (C=O) groups is 1. The number of thiocarbonyl (C=S) groups is 1. The second-order valence-electron chi connectivity index (χ2n) is 4.68. The van der Waals surface area contributed by atoms with Crippen LogP contribution in [-0.4, -0.2) is 22.4 Å². The van der Waals surface area contributed by atoms with Crippen molar-refractivity contribution in [2.24, 2.45) is 11.1 Å². The van der Waals surface area contributed by atoms with E-state index in [1.165, 1.54) is 6.20 Å². The second-order valence-corrected chi connectivity index (χ2v) is 5.12. The summed E-state index contributed by atoms with van der Waals surface area (Å²) >= 11 is 4.94. The Morgan fingerprint density at radius 1 is 1.53 bits per heavy atom. The number of nitrogens with two attached hydrogens (primary N) is 1. The van der Waals surface area contributed by atoms with E-state index in [-0.39, 0.29) is 11.3 Å². The lowest BCUT2D eigenvalue weighted by Gasteiger charge is -2.23. The lowest BCUT2D eigenvalue weighted by Crippen LogP contribution is -2.41. The number of hydrogen-bond acceptors (Lipinski definition) is 3. The third-order valence-electron chi connectivity index (χ3n) is 2.50. The average Bonchev–Trinajstić information content (AvgIpc) is 2.25. The Kier molecular flexibility index (Phi) is 4.17. The molecule has 0 saturated heterocycles. The van der Waals surface area contributed by atoms with Gasteiger partial charge in [-0.1, -0.05) is 26.1 Å². The molecular formula is C12H17N3OS. The maximum absolute atomic E-state index is 11.8. The van der Waals surface area contributed by atoms with Crippen molar-refractivity contribution in [2.45, 2.75) is 20.8 Å². The van der Waals surface area contributed by atoms with Gasteiger partial charge in [0.1, 0.15) is 0 Å². The summed E-state index contributed by atoms with van der Waals surface area (Å²) in [4.78, 5) is 16.2. The average molecular weight is 251 g/mol. The number of pyridine rings is 1. The Hall–Kier alpha value is -1.49. The van der Waals surface area contributed by atoms with Gasteiger partial charge in [-0.15, -0.1) is 0 Å². The Labute approximate surface area is 107 Å². The molecule has 17 heavy (non-hydrogen) atoms. The van der Waals surface area contributed by atoms with Gasteiger partial charge in [-0.3, -0.25) is 9.78 Å². The van der Waals surface area contributed by atoms with E-state index in [2.05, 4.69) is 10.3 Å². The third kappa shape index (κ3) is 3.78. The zero-order chi connectivity index (χ0) is 13.1. The topological polar surface area (TPSA) is 68.0 Å². The van der Waals surface area contributed by atoms with Gasteiger partial charge in [-0.05, 0) is 18.6 Å². The first-order valence-corrected chi connectivity index (χ1v) is 5.73. The van der Waals surface area contributed by atoms with Gasteiger partial charge in [0.05, 0.1) is 10.6 Å². The fourth-order valence-electron chi connectivity index (χ4n) is 1.17. The smallest absolute Gasteiger partial charge is 0.252 e.